The highest BCUT2D eigenvalue weighted by Crippen LogP contribution is 2.31. The Morgan fingerprint density at radius 2 is 1.81 bits per heavy atom. The fourth-order valence-electron chi connectivity index (χ4n) is 1.71. The largest absolute Gasteiger partial charge is 0.491 e. The number of hydrogen-bond donors (Lipinski definition) is 5. The van der Waals surface area contributed by atoms with Crippen LogP contribution in [0.5, 0.6) is 5.75 Å². The predicted octanol–water partition coefficient (Wildman–Crippen LogP) is 0.651. The molecule has 0 saturated heterocycles. The number of carbonyl (C=O) groups is 3. The van der Waals surface area contributed by atoms with Crippen molar-refractivity contribution in [1.29, 1.82) is 0 Å². The van der Waals surface area contributed by atoms with Crippen LogP contribution in [0.2, 0.25) is 0 Å². The van der Waals surface area contributed by atoms with Gasteiger partial charge in [0, 0.05) is 30.0 Å². The van der Waals surface area contributed by atoms with Crippen LogP contribution in [0.4, 0.5) is 5.69 Å². The lowest BCUT2D eigenvalue weighted by Gasteiger charge is -2.10. The van der Waals surface area contributed by atoms with Crippen molar-refractivity contribution in [2.24, 2.45) is 0 Å². The van der Waals surface area contributed by atoms with E-state index in [4.69, 9.17) is 25.2 Å². The second-order valence-corrected chi connectivity index (χ2v) is 4.99. The fourth-order valence-corrected chi connectivity index (χ4v) is 1.71. The Kier molecular flexibility index (Phi) is 11.1. The standard InChI is InChI=1S/C11H13NO3.C4H4O4.C2H6O/c1-7(13)6-15-10-4-2-3-9-8(10)5-11(14)12-9;5-3(6)1-2-4(7)8;1-2-3/h2-4,7,13H,5-6H2,1H3,(H,12,14);1-2H,(H,5,6)(H,7,8);3H,2H2,1H3. The average molecular weight is 369 g/mol. The van der Waals surface area contributed by atoms with Gasteiger partial charge in [0.15, 0.2) is 0 Å². The Labute approximate surface area is 150 Å². The molecule has 1 aromatic rings. The maximum Gasteiger partial charge on any atom is 0.328 e. The molecule has 1 amide bonds. The van der Waals surface area contributed by atoms with Crippen LogP contribution in [0.15, 0.2) is 30.4 Å². The highest BCUT2D eigenvalue weighted by molar-refractivity contribution is 6.00. The zero-order valence-corrected chi connectivity index (χ0v) is 14.5. The molecule has 0 radical (unpaired) electrons. The summed E-state index contributed by atoms with van der Waals surface area (Å²) in [5.74, 6) is -1.86. The molecule has 0 spiro atoms. The van der Waals surface area contributed by atoms with Crippen molar-refractivity contribution in [3.63, 3.8) is 0 Å². The molecule has 1 aliphatic rings. The molecule has 9 heteroatoms. The van der Waals surface area contributed by atoms with Crippen molar-refractivity contribution in [2.75, 3.05) is 18.5 Å². The van der Waals surface area contributed by atoms with Gasteiger partial charge in [-0.15, -0.1) is 0 Å². The number of nitrogens with one attached hydrogen (secondary N) is 1. The van der Waals surface area contributed by atoms with Gasteiger partial charge in [-0.05, 0) is 26.0 Å². The third-order valence-corrected chi connectivity index (χ3v) is 2.59. The first-order valence-corrected chi connectivity index (χ1v) is 7.68. The summed E-state index contributed by atoms with van der Waals surface area (Å²) in [5, 5.41) is 35.0. The molecule has 1 heterocycles. The molecule has 0 fully saturated rings. The molecule has 9 nitrogen and oxygen atoms in total. The van der Waals surface area contributed by atoms with Crippen molar-refractivity contribution in [2.45, 2.75) is 26.4 Å². The maximum absolute atomic E-state index is 11.2. The number of ether oxygens (including phenoxy) is 1. The second kappa shape index (κ2) is 12.5. The number of carboxylic acid groups (broad SMARTS) is 2. The fraction of sp³-hybridized carbons (Fsp3) is 0.353. The number of aliphatic carboxylic acids is 2. The Morgan fingerprint density at radius 1 is 1.27 bits per heavy atom. The van der Waals surface area contributed by atoms with Crippen LogP contribution in [0, 0.1) is 0 Å². The van der Waals surface area contributed by atoms with E-state index in [1.165, 1.54) is 0 Å². The zero-order chi connectivity index (χ0) is 20.1. The molecule has 26 heavy (non-hydrogen) atoms. The molecule has 1 aliphatic heterocycles. The van der Waals surface area contributed by atoms with Crippen molar-refractivity contribution in [1.82, 2.24) is 0 Å². The maximum atomic E-state index is 11.2. The van der Waals surface area contributed by atoms with Gasteiger partial charge in [-0.2, -0.15) is 0 Å². The van der Waals surface area contributed by atoms with Crippen LogP contribution in [0.1, 0.15) is 19.4 Å². The van der Waals surface area contributed by atoms with E-state index < -0.39 is 18.0 Å². The minimum atomic E-state index is -1.26. The first-order valence-electron chi connectivity index (χ1n) is 7.68. The van der Waals surface area contributed by atoms with E-state index in [1.54, 1.807) is 13.8 Å². The molecule has 2 rings (SSSR count). The third kappa shape index (κ3) is 10.1. The number of fused-ring (bicyclic) bond motifs is 1. The smallest absolute Gasteiger partial charge is 0.328 e. The number of benzene rings is 1. The van der Waals surface area contributed by atoms with Crippen molar-refractivity contribution in [3.05, 3.63) is 35.9 Å². The molecular weight excluding hydrogens is 346 g/mol. The summed E-state index contributed by atoms with van der Waals surface area (Å²) in [4.78, 5) is 30.3. The summed E-state index contributed by atoms with van der Waals surface area (Å²) in [6, 6.07) is 5.47. The van der Waals surface area contributed by atoms with Crippen LogP contribution < -0.4 is 10.1 Å². The summed E-state index contributed by atoms with van der Waals surface area (Å²) in [7, 11) is 0. The van der Waals surface area contributed by atoms with Crippen molar-refractivity contribution in [3.8, 4) is 5.75 Å². The third-order valence-electron chi connectivity index (χ3n) is 2.59. The molecule has 1 aromatic carbocycles. The molecule has 144 valence electrons. The monoisotopic (exact) mass is 369 g/mol. The molecule has 1 unspecified atom stereocenters. The van der Waals surface area contributed by atoms with E-state index in [0.717, 1.165) is 11.3 Å². The van der Waals surface area contributed by atoms with Gasteiger partial charge < -0.3 is 30.5 Å². The van der Waals surface area contributed by atoms with Crippen LogP contribution in [0.25, 0.3) is 0 Å². The van der Waals surface area contributed by atoms with Gasteiger partial charge in [0.25, 0.3) is 0 Å². The minimum Gasteiger partial charge on any atom is -0.491 e. The quantitative estimate of drug-likeness (QED) is 0.474. The number of amides is 1. The first-order chi connectivity index (χ1) is 12.2. The van der Waals surface area contributed by atoms with E-state index in [9.17, 15) is 14.4 Å². The Hall–Kier alpha value is -2.91. The molecule has 0 bridgehead atoms. The Bertz CT molecular complexity index is 624. The number of rotatable bonds is 5. The summed E-state index contributed by atoms with van der Waals surface area (Å²) < 4.78 is 5.42. The Balaban J connectivity index is 0.000000483. The first kappa shape index (κ1) is 23.1. The normalized spacial score (nSPS) is 12.7. The SMILES string of the molecule is CC(O)COc1cccc2c1CC(=O)N2.CCO.O=C(O)C=CC(=O)O. The number of carboxylic acids is 2. The lowest BCUT2D eigenvalue weighted by atomic mass is 10.1. The number of carbonyl (C=O) groups excluding carboxylic acids is 1. The van der Waals surface area contributed by atoms with Crippen LogP contribution in [-0.4, -0.2) is 57.6 Å². The van der Waals surface area contributed by atoms with Gasteiger partial charge >= 0.3 is 11.9 Å². The molecule has 0 aromatic heterocycles. The summed E-state index contributed by atoms with van der Waals surface area (Å²) in [5.41, 5.74) is 1.69. The highest BCUT2D eigenvalue weighted by Gasteiger charge is 2.21. The van der Waals surface area contributed by atoms with E-state index >= 15 is 0 Å². The summed E-state index contributed by atoms with van der Waals surface area (Å²) >= 11 is 0. The van der Waals surface area contributed by atoms with Crippen LogP contribution in [-0.2, 0) is 20.8 Å². The molecule has 0 aliphatic carbocycles. The number of aliphatic hydroxyl groups is 2. The van der Waals surface area contributed by atoms with E-state index in [-0.39, 0.29) is 19.1 Å². The van der Waals surface area contributed by atoms with E-state index in [2.05, 4.69) is 5.32 Å². The lowest BCUT2D eigenvalue weighted by Crippen LogP contribution is -2.13. The molecular formula is C17H23NO8. The van der Waals surface area contributed by atoms with Gasteiger partial charge in [0.2, 0.25) is 5.91 Å². The molecule has 1 atom stereocenters. The Morgan fingerprint density at radius 3 is 2.27 bits per heavy atom. The average Bonchev–Trinajstić information content (AvgIpc) is 2.93. The van der Waals surface area contributed by atoms with Crippen LogP contribution in [0.3, 0.4) is 0 Å². The predicted molar refractivity (Wildman–Crippen MR) is 93.1 cm³/mol. The van der Waals surface area contributed by atoms with E-state index in [0.29, 0.717) is 24.3 Å². The number of aliphatic hydroxyl groups excluding tert-OH is 2. The topological polar surface area (TPSA) is 153 Å². The van der Waals surface area contributed by atoms with Gasteiger partial charge in [-0.25, -0.2) is 9.59 Å². The van der Waals surface area contributed by atoms with Crippen molar-refractivity contribution < 1.29 is 39.5 Å². The van der Waals surface area contributed by atoms with Crippen LogP contribution >= 0.6 is 0 Å². The molecule has 5 N–H and O–H groups in total. The number of hydrogen-bond acceptors (Lipinski definition) is 6. The minimum absolute atomic E-state index is 0.0157. The molecule has 0 saturated carbocycles. The summed E-state index contributed by atoms with van der Waals surface area (Å²) in [6.45, 7) is 3.83. The lowest BCUT2D eigenvalue weighted by molar-refractivity contribution is -0.134. The van der Waals surface area contributed by atoms with Gasteiger partial charge in [0.05, 0.1) is 12.5 Å². The van der Waals surface area contributed by atoms with E-state index in [1.807, 2.05) is 18.2 Å². The van der Waals surface area contributed by atoms with Gasteiger partial charge in [-0.1, -0.05) is 6.07 Å². The summed E-state index contributed by atoms with van der Waals surface area (Å²) in [6.07, 6.45) is 0.960. The van der Waals surface area contributed by atoms with Gasteiger partial charge in [0.1, 0.15) is 12.4 Å². The van der Waals surface area contributed by atoms with Crippen molar-refractivity contribution >= 4 is 23.5 Å². The van der Waals surface area contributed by atoms with Gasteiger partial charge in [-0.3, -0.25) is 4.79 Å². The zero-order valence-electron chi connectivity index (χ0n) is 14.5. The highest BCUT2D eigenvalue weighted by atomic mass is 16.5. The second-order valence-electron chi connectivity index (χ2n) is 4.99. The number of anilines is 1.